The number of hydrogen-bond acceptors (Lipinski definition) is 3. The number of rotatable bonds is 2. The molecule has 0 saturated heterocycles. The highest BCUT2D eigenvalue weighted by atomic mass is 19.4. The first-order chi connectivity index (χ1) is 4.81. The van der Waals surface area contributed by atoms with E-state index in [4.69, 9.17) is 0 Å². The molecule has 0 aromatic heterocycles. The van der Waals surface area contributed by atoms with Gasteiger partial charge in [0, 0.05) is 0 Å². The Morgan fingerprint density at radius 2 is 1.82 bits per heavy atom. The fourth-order valence-corrected chi connectivity index (χ4v) is 0.368. The summed E-state index contributed by atoms with van der Waals surface area (Å²) in [7, 11) is 0. The van der Waals surface area contributed by atoms with Crippen molar-refractivity contribution in [3.05, 3.63) is 0 Å². The summed E-state index contributed by atoms with van der Waals surface area (Å²) in [5.74, 6) is -2.25. The molecule has 0 aliphatic carbocycles. The first-order valence-corrected chi connectivity index (χ1v) is 2.59. The molecular formula is C5H5F3O3. The Hall–Kier alpha value is -1.07. The summed E-state index contributed by atoms with van der Waals surface area (Å²) in [5.41, 5.74) is 0. The molecule has 3 nitrogen and oxygen atoms in total. The smallest absolute Gasteiger partial charge is 0.373 e. The zero-order valence-corrected chi connectivity index (χ0v) is 5.57. The normalized spacial score (nSPS) is 10.9. The van der Waals surface area contributed by atoms with Gasteiger partial charge >= 0.3 is 12.3 Å². The van der Waals surface area contributed by atoms with Gasteiger partial charge in [-0.25, -0.2) is 0 Å². The Morgan fingerprint density at radius 3 is 2.09 bits per heavy atom. The lowest BCUT2D eigenvalue weighted by Gasteiger charge is -2.04. The molecule has 0 aliphatic heterocycles. The van der Waals surface area contributed by atoms with E-state index in [-0.39, 0.29) is 0 Å². The Kier molecular flexibility index (Phi) is 3.03. The van der Waals surface area contributed by atoms with Gasteiger partial charge in [-0.05, 0) is 6.92 Å². The van der Waals surface area contributed by atoms with E-state index in [1.807, 2.05) is 0 Å². The zero-order valence-electron chi connectivity index (χ0n) is 5.57. The van der Waals surface area contributed by atoms with Crippen LogP contribution < -0.4 is 0 Å². The molecule has 0 N–H and O–H groups in total. The second-order valence-electron chi connectivity index (χ2n) is 1.80. The first-order valence-electron chi connectivity index (χ1n) is 2.59. The molecule has 0 aliphatic rings. The molecule has 0 heterocycles. The topological polar surface area (TPSA) is 43.4 Å². The minimum absolute atomic E-state index is 0.667. The number of esters is 1. The van der Waals surface area contributed by atoms with Gasteiger partial charge < -0.3 is 4.74 Å². The zero-order chi connectivity index (χ0) is 9.07. The maximum absolute atomic E-state index is 11.2. The number of alkyl halides is 3. The van der Waals surface area contributed by atoms with Crippen molar-refractivity contribution in [2.24, 2.45) is 0 Å². The van der Waals surface area contributed by atoms with Crippen LogP contribution >= 0.6 is 0 Å². The fourth-order valence-electron chi connectivity index (χ4n) is 0.368. The summed E-state index contributed by atoms with van der Waals surface area (Å²) in [4.78, 5) is 20.2. The standard InChI is InChI=1S/C5H5F3O3/c1-3(9)2-4(10)11-5(6,7)8/h2H2,1H3. The fraction of sp³-hybridized carbons (Fsp3) is 0.600. The van der Waals surface area contributed by atoms with Crippen LogP contribution in [0.25, 0.3) is 0 Å². The van der Waals surface area contributed by atoms with Crippen molar-refractivity contribution in [1.82, 2.24) is 0 Å². The molecular weight excluding hydrogens is 165 g/mol. The highest BCUT2D eigenvalue weighted by molar-refractivity contribution is 5.94. The van der Waals surface area contributed by atoms with Gasteiger partial charge in [0.2, 0.25) is 0 Å². The molecule has 0 aromatic carbocycles. The number of ether oxygens (including phenoxy) is 1. The highest BCUT2D eigenvalue weighted by Crippen LogP contribution is 2.16. The van der Waals surface area contributed by atoms with Gasteiger partial charge in [-0.15, -0.1) is 13.2 Å². The van der Waals surface area contributed by atoms with E-state index in [9.17, 15) is 22.8 Å². The van der Waals surface area contributed by atoms with E-state index < -0.39 is 24.5 Å². The number of Topliss-reactive ketones (excluding diaryl/α,β-unsaturated/α-hetero) is 1. The third-order valence-electron chi connectivity index (χ3n) is 0.623. The molecule has 0 saturated carbocycles. The summed E-state index contributed by atoms with van der Waals surface area (Å²) in [6, 6.07) is 0. The van der Waals surface area contributed by atoms with Gasteiger partial charge in [0.05, 0.1) is 0 Å². The van der Waals surface area contributed by atoms with Gasteiger partial charge in [-0.1, -0.05) is 0 Å². The van der Waals surface area contributed by atoms with Crippen LogP contribution in [0.15, 0.2) is 0 Å². The van der Waals surface area contributed by atoms with E-state index in [0.717, 1.165) is 6.92 Å². The van der Waals surface area contributed by atoms with Crippen molar-refractivity contribution in [3.8, 4) is 0 Å². The molecule has 0 spiro atoms. The molecule has 0 amide bonds. The predicted octanol–water partition coefficient (Wildman–Crippen LogP) is 1.03. The number of hydrogen-bond donors (Lipinski definition) is 0. The molecule has 0 unspecified atom stereocenters. The van der Waals surface area contributed by atoms with Crippen LogP contribution in [0.3, 0.4) is 0 Å². The second kappa shape index (κ2) is 3.36. The van der Waals surface area contributed by atoms with Crippen LogP contribution in [0.5, 0.6) is 0 Å². The monoisotopic (exact) mass is 170 g/mol. The highest BCUT2D eigenvalue weighted by Gasteiger charge is 2.33. The summed E-state index contributed by atoms with van der Waals surface area (Å²) in [6.45, 7) is 0.998. The van der Waals surface area contributed by atoms with Crippen LogP contribution in [-0.2, 0) is 14.3 Å². The maximum atomic E-state index is 11.2. The predicted molar refractivity (Wildman–Crippen MR) is 27.4 cm³/mol. The van der Waals surface area contributed by atoms with Crippen molar-refractivity contribution in [2.75, 3.05) is 0 Å². The first kappa shape index (κ1) is 9.93. The lowest BCUT2D eigenvalue weighted by atomic mass is 10.3. The average Bonchev–Trinajstić information content (AvgIpc) is 1.53. The van der Waals surface area contributed by atoms with Gasteiger partial charge in [0.25, 0.3) is 0 Å². The molecule has 6 heteroatoms. The third-order valence-corrected chi connectivity index (χ3v) is 0.623. The SMILES string of the molecule is CC(=O)CC(=O)OC(F)(F)F. The van der Waals surface area contributed by atoms with Gasteiger partial charge in [0.1, 0.15) is 12.2 Å². The third kappa shape index (κ3) is 6.82. The van der Waals surface area contributed by atoms with E-state index in [1.165, 1.54) is 0 Å². The number of ketones is 1. The Bertz CT molecular complexity index is 172. The molecule has 0 radical (unpaired) electrons. The maximum Gasteiger partial charge on any atom is 0.575 e. The molecule has 0 bridgehead atoms. The minimum Gasteiger partial charge on any atom is -0.373 e. The van der Waals surface area contributed by atoms with Crippen LogP contribution in [0.4, 0.5) is 13.2 Å². The van der Waals surface area contributed by atoms with E-state index in [1.54, 1.807) is 0 Å². The lowest BCUT2D eigenvalue weighted by Crippen LogP contribution is -2.20. The van der Waals surface area contributed by atoms with Gasteiger partial charge in [-0.2, -0.15) is 0 Å². The van der Waals surface area contributed by atoms with E-state index in [0.29, 0.717) is 0 Å². The van der Waals surface area contributed by atoms with Crippen LogP contribution in [0, 0.1) is 0 Å². The van der Waals surface area contributed by atoms with Crippen LogP contribution in [0.2, 0.25) is 0 Å². The largest absolute Gasteiger partial charge is 0.575 e. The molecule has 0 aromatic rings. The van der Waals surface area contributed by atoms with Gasteiger partial charge in [-0.3, -0.25) is 9.59 Å². The minimum atomic E-state index is -4.99. The quantitative estimate of drug-likeness (QED) is 0.459. The van der Waals surface area contributed by atoms with Crippen LogP contribution in [-0.4, -0.2) is 18.1 Å². The van der Waals surface area contributed by atoms with Crippen molar-refractivity contribution < 1.29 is 27.5 Å². The van der Waals surface area contributed by atoms with Crippen molar-refractivity contribution in [2.45, 2.75) is 19.7 Å². The van der Waals surface area contributed by atoms with Crippen molar-refractivity contribution in [1.29, 1.82) is 0 Å². The molecule has 64 valence electrons. The second-order valence-corrected chi connectivity index (χ2v) is 1.80. The summed E-state index contributed by atoms with van der Waals surface area (Å²) in [6.07, 6.45) is -5.84. The summed E-state index contributed by atoms with van der Waals surface area (Å²) >= 11 is 0. The summed E-state index contributed by atoms with van der Waals surface area (Å²) < 4.78 is 36.5. The number of halogens is 3. The van der Waals surface area contributed by atoms with E-state index >= 15 is 0 Å². The number of carbonyl (C=O) groups excluding carboxylic acids is 2. The van der Waals surface area contributed by atoms with E-state index in [2.05, 4.69) is 4.74 Å². The Balaban J connectivity index is 3.80. The lowest BCUT2D eigenvalue weighted by molar-refractivity contribution is -0.305. The Morgan fingerprint density at radius 1 is 1.36 bits per heavy atom. The van der Waals surface area contributed by atoms with Gasteiger partial charge in [0.15, 0.2) is 0 Å². The van der Waals surface area contributed by atoms with Crippen molar-refractivity contribution in [3.63, 3.8) is 0 Å². The van der Waals surface area contributed by atoms with Crippen molar-refractivity contribution >= 4 is 11.8 Å². The number of carbonyl (C=O) groups is 2. The Labute approximate surface area is 60.1 Å². The molecule has 0 atom stereocenters. The average molecular weight is 170 g/mol. The summed E-state index contributed by atoms with van der Waals surface area (Å²) in [5, 5.41) is 0. The molecule has 0 rings (SSSR count). The molecule has 0 fully saturated rings. The van der Waals surface area contributed by atoms with Crippen LogP contribution in [0.1, 0.15) is 13.3 Å². The molecule has 11 heavy (non-hydrogen) atoms.